The van der Waals surface area contributed by atoms with E-state index >= 15 is 0 Å². The molecular weight excluding hydrogens is 383 g/mol. The number of hydrogen-bond acceptors (Lipinski definition) is 3. The van der Waals surface area contributed by atoms with Crippen LogP contribution in [0.1, 0.15) is 36.2 Å². The van der Waals surface area contributed by atoms with Gasteiger partial charge in [0.1, 0.15) is 11.6 Å². The lowest BCUT2D eigenvalue weighted by Crippen LogP contribution is -2.40. The molecule has 0 saturated carbocycles. The van der Waals surface area contributed by atoms with Crippen molar-refractivity contribution in [1.29, 1.82) is 0 Å². The van der Waals surface area contributed by atoms with E-state index in [4.69, 9.17) is 0 Å². The molecular formula is C23H23FN4O2. The van der Waals surface area contributed by atoms with Crippen LogP contribution in [0.25, 0.3) is 5.69 Å². The molecule has 0 spiro atoms. The Morgan fingerprint density at radius 2 is 1.90 bits per heavy atom. The average Bonchev–Trinajstić information content (AvgIpc) is 3.08. The number of amides is 2. The number of carbonyl (C=O) groups excluding carboxylic acids is 2. The summed E-state index contributed by atoms with van der Waals surface area (Å²) in [5, 5.41) is 7.32. The predicted octanol–water partition coefficient (Wildman–Crippen LogP) is 3.79. The van der Waals surface area contributed by atoms with Gasteiger partial charge in [-0.3, -0.25) is 9.59 Å². The SMILES string of the molecule is CC(=O)N1CCc2ccccc2C1CC(=O)Nc1cc(C)nn1-c1ccc(F)cc1. The van der Waals surface area contributed by atoms with Crippen molar-refractivity contribution >= 4 is 17.6 Å². The van der Waals surface area contributed by atoms with Crippen LogP contribution in [-0.2, 0) is 16.0 Å². The summed E-state index contributed by atoms with van der Waals surface area (Å²) in [6.45, 7) is 3.95. The lowest BCUT2D eigenvalue weighted by Gasteiger charge is -2.36. The highest BCUT2D eigenvalue weighted by atomic mass is 19.1. The van der Waals surface area contributed by atoms with E-state index in [0.29, 0.717) is 18.1 Å². The summed E-state index contributed by atoms with van der Waals surface area (Å²) in [5.41, 5.74) is 3.55. The Morgan fingerprint density at radius 3 is 2.63 bits per heavy atom. The number of rotatable bonds is 4. The van der Waals surface area contributed by atoms with Gasteiger partial charge in [-0.1, -0.05) is 24.3 Å². The number of halogens is 1. The smallest absolute Gasteiger partial charge is 0.227 e. The van der Waals surface area contributed by atoms with Crippen molar-refractivity contribution in [2.75, 3.05) is 11.9 Å². The van der Waals surface area contributed by atoms with E-state index in [1.165, 1.54) is 24.6 Å². The number of benzene rings is 2. The molecule has 1 unspecified atom stereocenters. The van der Waals surface area contributed by atoms with Crippen molar-refractivity contribution in [1.82, 2.24) is 14.7 Å². The van der Waals surface area contributed by atoms with Gasteiger partial charge in [0.15, 0.2) is 0 Å². The third-order valence-corrected chi connectivity index (χ3v) is 5.37. The number of nitrogens with zero attached hydrogens (tertiary/aromatic N) is 3. The van der Waals surface area contributed by atoms with Gasteiger partial charge >= 0.3 is 0 Å². The van der Waals surface area contributed by atoms with E-state index in [2.05, 4.69) is 10.4 Å². The predicted molar refractivity (Wildman–Crippen MR) is 112 cm³/mol. The molecule has 154 valence electrons. The summed E-state index contributed by atoms with van der Waals surface area (Å²) in [7, 11) is 0. The third kappa shape index (κ3) is 3.96. The summed E-state index contributed by atoms with van der Waals surface area (Å²) in [4.78, 5) is 26.9. The zero-order valence-corrected chi connectivity index (χ0v) is 16.9. The fraction of sp³-hybridized carbons (Fsp3) is 0.261. The molecule has 0 bridgehead atoms. The first-order chi connectivity index (χ1) is 14.4. The lowest BCUT2D eigenvalue weighted by molar-refractivity contribution is -0.132. The maximum atomic E-state index is 13.3. The normalized spacial score (nSPS) is 15.6. The molecule has 0 fully saturated rings. The van der Waals surface area contributed by atoms with Gasteiger partial charge in [-0.2, -0.15) is 5.10 Å². The van der Waals surface area contributed by atoms with Crippen LogP contribution in [0.3, 0.4) is 0 Å². The summed E-state index contributed by atoms with van der Waals surface area (Å²) >= 11 is 0. The molecule has 7 heteroatoms. The Labute approximate surface area is 174 Å². The number of fused-ring (bicyclic) bond motifs is 1. The summed E-state index contributed by atoms with van der Waals surface area (Å²) < 4.78 is 14.8. The van der Waals surface area contributed by atoms with Crippen LogP contribution >= 0.6 is 0 Å². The van der Waals surface area contributed by atoms with E-state index in [-0.39, 0.29) is 30.1 Å². The van der Waals surface area contributed by atoms with Gasteiger partial charge in [-0.15, -0.1) is 0 Å². The highest BCUT2D eigenvalue weighted by molar-refractivity contribution is 5.91. The highest BCUT2D eigenvalue weighted by Gasteiger charge is 2.30. The molecule has 0 aliphatic carbocycles. The molecule has 0 saturated heterocycles. The molecule has 1 aliphatic heterocycles. The summed E-state index contributed by atoms with van der Waals surface area (Å²) in [5.74, 6) is -0.100. The van der Waals surface area contributed by atoms with E-state index in [0.717, 1.165) is 17.7 Å². The summed E-state index contributed by atoms with van der Waals surface area (Å²) in [6.07, 6.45) is 0.925. The van der Waals surface area contributed by atoms with Crippen LogP contribution in [0, 0.1) is 12.7 Å². The quantitative estimate of drug-likeness (QED) is 0.717. The van der Waals surface area contributed by atoms with Crippen LogP contribution < -0.4 is 5.32 Å². The Bertz CT molecular complexity index is 1090. The number of anilines is 1. The Kier molecular flexibility index (Phi) is 5.35. The van der Waals surface area contributed by atoms with Crippen molar-refractivity contribution in [2.45, 2.75) is 32.7 Å². The number of aromatic nitrogens is 2. The van der Waals surface area contributed by atoms with E-state index in [9.17, 15) is 14.0 Å². The number of carbonyl (C=O) groups is 2. The number of aryl methyl sites for hydroxylation is 1. The standard InChI is InChI=1S/C23H23FN4O2/c1-15-13-22(28(26-15)19-9-7-18(24)8-10-19)25-23(30)14-21-20-6-4-3-5-17(20)11-12-27(21)16(2)29/h3-10,13,21H,11-12,14H2,1-2H3,(H,25,30). The fourth-order valence-corrected chi connectivity index (χ4v) is 3.99. The van der Waals surface area contributed by atoms with Gasteiger partial charge < -0.3 is 10.2 Å². The second-order valence-electron chi connectivity index (χ2n) is 7.49. The first kappa shape index (κ1) is 19.8. The minimum Gasteiger partial charge on any atom is -0.335 e. The fourth-order valence-electron chi connectivity index (χ4n) is 3.99. The van der Waals surface area contributed by atoms with Crippen LogP contribution in [0.4, 0.5) is 10.2 Å². The van der Waals surface area contributed by atoms with Gasteiger partial charge in [-0.05, 0) is 48.7 Å². The molecule has 2 aromatic carbocycles. The maximum absolute atomic E-state index is 13.3. The van der Waals surface area contributed by atoms with E-state index < -0.39 is 0 Å². The second kappa shape index (κ2) is 8.10. The average molecular weight is 406 g/mol. The van der Waals surface area contributed by atoms with E-state index in [1.807, 2.05) is 31.2 Å². The first-order valence-corrected chi connectivity index (χ1v) is 9.90. The van der Waals surface area contributed by atoms with Crippen molar-refractivity contribution in [3.05, 3.63) is 77.2 Å². The molecule has 30 heavy (non-hydrogen) atoms. The van der Waals surface area contributed by atoms with Crippen LogP contribution in [0.5, 0.6) is 0 Å². The second-order valence-corrected chi connectivity index (χ2v) is 7.49. The molecule has 2 heterocycles. The Balaban J connectivity index is 1.58. The van der Waals surface area contributed by atoms with Crippen molar-refractivity contribution in [3.8, 4) is 5.69 Å². The maximum Gasteiger partial charge on any atom is 0.227 e. The zero-order valence-electron chi connectivity index (χ0n) is 16.9. The largest absolute Gasteiger partial charge is 0.335 e. The molecule has 1 aliphatic rings. The lowest BCUT2D eigenvalue weighted by atomic mass is 9.90. The molecule has 1 aromatic heterocycles. The van der Waals surface area contributed by atoms with E-state index in [1.54, 1.807) is 27.8 Å². The molecule has 2 amide bonds. The van der Waals surface area contributed by atoms with Gasteiger partial charge in [-0.25, -0.2) is 9.07 Å². The third-order valence-electron chi connectivity index (χ3n) is 5.37. The zero-order chi connectivity index (χ0) is 21.3. The number of nitrogens with one attached hydrogen (secondary N) is 1. The minimum atomic E-state index is -0.339. The molecule has 0 radical (unpaired) electrons. The molecule has 1 N–H and O–H groups in total. The molecule has 6 nitrogen and oxygen atoms in total. The van der Waals surface area contributed by atoms with Crippen LogP contribution in [0.15, 0.2) is 54.6 Å². The topological polar surface area (TPSA) is 67.2 Å². The van der Waals surface area contributed by atoms with Gasteiger partial charge in [0, 0.05) is 19.5 Å². The molecule has 1 atom stereocenters. The monoisotopic (exact) mass is 406 g/mol. The molecule has 4 rings (SSSR count). The van der Waals surface area contributed by atoms with Crippen molar-refractivity contribution < 1.29 is 14.0 Å². The van der Waals surface area contributed by atoms with Crippen molar-refractivity contribution in [2.24, 2.45) is 0 Å². The van der Waals surface area contributed by atoms with Gasteiger partial charge in [0.2, 0.25) is 11.8 Å². The van der Waals surface area contributed by atoms with Crippen LogP contribution in [0.2, 0.25) is 0 Å². The van der Waals surface area contributed by atoms with Crippen LogP contribution in [-0.4, -0.2) is 33.0 Å². The van der Waals surface area contributed by atoms with Gasteiger partial charge in [0.25, 0.3) is 0 Å². The minimum absolute atomic E-state index is 0.0468. The Hall–Kier alpha value is -3.48. The first-order valence-electron chi connectivity index (χ1n) is 9.90. The summed E-state index contributed by atoms with van der Waals surface area (Å²) in [6, 6.07) is 15.3. The Morgan fingerprint density at radius 1 is 1.17 bits per heavy atom. The highest BCUT2D eigenvalue weighted by Crippen LogP contribution is 2.32. The number of hydrogen-bond donors (Lipinski definition) is 1. The van der Waals surface area contributed by atoms with Crippen molar-refractivity contribution in [3.63, 3.8) is 0 Å². The molecule has 3 aromatic rings. The van der Waals surface area contributed by atoms with Gasteiger partial charge in [0.05, 0.1) is 23.8 Å².